The van der Waals surface area contributed by atoms with E-state index in [1.54, 1.807) is 70.9 Å². The molecule has 4 rings (SSSR count). The van der Waals surface area contributed by atoms with Gasteiger partial charge in [-0.15, -0.1) is 0 Å². The number of benzene rings is 2. The molecule has 1 aliphatic rings. The summed E-state index contributed by atoms with van der Waals surface area (Å²) in [4.78, 5) is 32.5. The van der Waals surface area contributed by atoms with E-state index in [0.717, 1.165) is 18.4 Å². The van der Waals surface area contributed by atoms with Crippen molar-refractivity contribution in [3.8, 4) is 23.0 Å². The number of aromatic nitrogens is 1. The maximum Gasteiger partial charge on any atom is 0.338 e. The number of hydrogen-bond donors (Lipinski definition) is 0. The van der Waals surface area contributed by atoms with Crippen LogP contribution in [-0.4, -0.2) is 44.6 Å². The molecule has 0 spiro atoms. The minimum Gasteiger partial charge on any atom is -0.493 e. The molecule has 0 saturated heterocycles. The zero-order valence-electron chi connectivity index (χ0n) is 24.5. The zero-order chi connectivity index (χ0) is 29.7. The molecule has 218 valence electrons. The molecule has 0 bridgehead atoms. The molecule has 1 aliphatic heterocycles. The highest BCUT2D eigenvalue weighted by Crippen LogP contribution is 2.36. The van der Waals surface area contributed by atoms with Gasteiger partial charge in [0.05, 0.1) is 55.9 Å². The van der Waals surface area contributed by atoms with Crippen LogP contribution in [0.3, 0.4) is 0 Å². The molecule has 0 N–H and O–H groups in total. The topological polar surface area (TPSA) is 97.6 Å². The molecule has 0 amide bonds. The number of allylic oxidation sites excluding steroid dienone is 1. The maximum atomic E-state index is 14.0. The number of thiazole rings is 1. The molecular weight excluding hydrogens is 544 g/mol. The first kappa shape index (κ1) is 29.9. The van der Waals surface area contributed by atoms with Crippen LogP contribution in [0.4, 0.5) is 0 Å². The fraction of sp³-hybridized carbons (Fsp3) is 0.387. The summed E-state index contributed by atoms with van der Waals surface area (Å²) in [6.45, 7) is 7.98. The van der Waals surface area contributed by atoms with Crippen LogP contribution in [0.15, 0.2) is 57.5 Å². The Hall–Kier alpha value is -4.05. The highest BCUT2D eigenvalue weighted by molar-refractivity contribution is 7.07. The van der Waals surface area contributed by atoms with Gasteiger partial charge >= 0.3 is 5.97 Å². The Morgan fingerprint density at radius 3 is 2.37 bits per heavy atom. The van der Waals surface area contributed by atoms with Gasteiger partial charge in [-0.25, -0.2) is 9.79 Å². The second kappa shape index (κ2) is 13.1. The molecule has 1 aromatic heterocycles. The quantitative estimate of drug-likeness (QED) is 0.245. The van der Waals surface area contributed by atoms with Crippen LogP contribution >= 0.6 is 11.3 Å². The first-order valence-corrected chi connectivity index (χ1v) is 14.3. The molecule has 0 fully saturated rings. The molecule has 1 unspecified atom stereocenters. The Balaban J connectivity index is 1.89. The molecule has 2 aromatic carbocycles. The van der Waals surface area contributed by atoms with Gasteiger partial charge in [0.2, 0.25) is 0 Å². The lowest BCUT2D eigenvalue weighted by Crippen LogP contribution is -2.40. The minimum absolute atomic E-state index is 0.280. The third-order valence-corrected chi connectivity index (χ3v) is 7.53. The van der Waals surface area contributed by atoms with Gasteiger partial charge in [-0.05, 0) is 68.7 Å². The van der Waals surface area contributed by atoms with Crippen LogP contribution < -0.4 is 33.8 Å². The normalized spacial score (nSPS) is 14.9. The summed E-state index contributed by atoms with van der Waals surface area (Å²) < 4.78 is 29.9. The standard InChI is InChI=1S/C31H36N2O7S/c1-8-9-14-39-23-13-11-21(17-25(23)38-7)28-27(30(35)40-18(2)3)19(4)32-31-33(28)29(34)26(41-31)16-20-10-12-22(36-5)24(15-20)37-6/h10-13,15-18,28H,8-9,14H2,1-7H3. The highest BCUT2D eigenvalue weighted by Gasteiger charge is 2.34. The van der Waals surface area contributed by atoms with E-state index in [1.807, 2.05) is 18.2 Å². The van der Waals surface area contributed by atoms with Gasteiger partial charge in [-0.1, -0.05) is 36.8 Å². The second-order valence-electron chi connectivity index (χ2n) is 9.76. The van der Waals surface area contributed by atoms with Gasteiger partial charge in [0.25, 0.3) is 5.56 Å². The Kier molecular flexibility index (Phi) is 9.54. The Bertz CT molecular complexity index is 1630. The average molecular weight is 581 g/mol. The van der Waals surface area contributed by atoms with E-state index >= 15 is 0 Å². The Morgan fingerprint density at radius 1 is 1.02 bits per heavy atom. The predicted molar refractivity (Wildman–Crippen MR) is 158 cm³/mol. The fourth-order valence-electron chi connectivity index (χ4n) is 4.57. The summed E-state index contributed by atoms with van der Waals surface area (Å²) in [6, 6.07) is 10.1. The molecular formula is C31H36N2O7S. The predicted octanol–water partition coefficient (Wildman–Crippen LogP) is 4.39. The van der Waals surface area contributed by atoms with Crippen LogP contribution in [0, 0.1) is 0 Å². The molecule has 0 radical (unpaired) electrons. The number of carbonyl (C=O) groups is 1. The summed E-state index contributed by atoms with van der Waals surface area (Å²) >= 11 is 1.25. The van der Waals surface area contributed by atoms with Crippen molar-refractivity contribution in [2.24, 2.45) is 4.99 Å². The van der Waals surface area contributed by atoms with Crippen LogP contribution in [0.2, 0.25) is 0 Å². The summed E-state index contributed by atoms with van der Waals surface area (Å²) in [5, 5.41) is 0. The molecule has 9 nitrogen and oxygen atoms in total. The van der Waals surface area contributed by atoms with E-state index in [-0.39, 0.29) is 11.7 Å². The number of fused-ring (bicyclic) bond motifs is 1. The van der Waals surface area contributed by atoms with Crippen LogP contribution in [0.1, 0.15) is 57.7 Å². The summed E-state index contributed by atoms with van der Waals surface area (Å²) in [7, 11) is 4.69. The van der Waals surface area contributed by atoms with Crippen molar-refractivity contribution in [3.05, 3.63) is 78.5 Å². The summed E-state index contributed by atoms with van der Waals surface area (Å²) in [6.07, 6.45) is 3.35. The van der Waals surface area contributed by atoms with Crippen molar-refractivity contribution in [3.63, 3.8) is 0 Å². The molecule has 2 heterocycles. The molecule has 41 heavy (non-hydrogen) atoms. The van der Waals surface area contributed by atoms with E-state index in [4.69, 9.17) is 23.7 Å². The molecule has 0 aliphatic carbocycles. The Labute approximate surface area is 243 Å². The lowest BCUT2D eigenvalue weighted by molar-refractivity contribution is -0.143. The van der Waals surface area contributed by atoms with E-state index < -0.39 is 12.0 Å². The summed E-state index contributed by atoms with van der Waals surface area (Å²) in [5.74, 6) is 1.72. The van der Waals surface area contributed by atoms with Gasteiger partial charge in [0, 0.05) is 0 Å². The van der Waals surface area contributed by atoms with E-state index in [2.05, 4.69) is 11.9 Å². The van der Waals surface area contributed by atoms with Gasteiger partial charge in [0.15, 0.2) is 27.8 Å². The SMILES string of the molecule is CCCCOc1ccc(C2C(C(=O)OC(C)C)=C(C)N=c3sc(=Cc4ccc(OC)c(OC)c4)c(=O)n32)cc1OC. The van der Waals surface area contributed by atoms with E-state index in [1.165, 1.54) is 11.3 Å². The largest absolute Gasteiger partial charge is 0.493 e. The number of unbranched alkanes of at least 4 members (excludes halogenated alkanes) is 1. The lowest BCUT2D eigenvalue weighted by atomic mass is 9.95. The van der Waals surface area contributed by atoms with Crippen LogP contribution in [0.5, 0.6) is 23.0 Å². The third-order valence-electron chi connectivity index (χ3n) is 6.55. The lowest BCUT2D eigenvalue weighted by Gasteiger charge is -2.26. The number of esters is 1. The zero-order valence-corrected chi connectivity index (χ0v) is 25.3. The van der Waals surface area contributed by atoms with E-state index in [0.29, 0.717) is 55.8 Å². The number of hydrogen-bond acceptors (Lipinski definition) is 9. The number of carbonyl (C=O) groups excluding carboxylic acids is 1. The van der Waals surface area contributed by atoms with E-state index in [9.17, 15) is 9.59 Å². The smallest absolute Gasteiger partial charge is 0.338 e. The first-order valence-electron chi connectivity index (χ1n) is 13.5. The number of methoxy groups -OCH3 is 3. The third kappa shape index (κ3) is 6.32. The van der Waals surface area contributed by atoms with Crippen molar-refractivity contribution in [1.29, 1.82) is 0 Å². The number of nitrogens with zero attached hydrogens (tertiary/aromatic N) is 2. The van der Waals surface area contributed by atoms with Crippen molar-refractivity contribution >= 4 is 23.4 Å². The highest BCUT2D eigenvalue weighted by atomic mass is 32.1. The first-order chi connectivity index (χ1) is 19.7. The monoisotopic (exact) mass is 580 g/mol. The van der Waals surface area contributed by atoms with Crippen molar-refractivity contribution in [2.45, 2.75) is 52.7 Å². The molecule has 3 aromatic rings. The number of ether oxygens (including phenoxy) is 5. The second-order valence-corrected chi connectivity index (χ2v) is 10.8. The van der Waals surface area contributed by atoms with Gasteiger partial charge < -0.3 is 23.7 Å². The molecule has 1 atom stereocenters. The average Bonchev–Trinajstić information content (AvgIpc) is 3.25. The number of rotatable bonds is 11. The Morgan fingerprint density at radius 2 is 1.71 bits per heavy atom. The van der Waals surface area contributed by atoms with Gasteiger partial charge in [-0.3, -0.25) is 9.36 Å². The van der Waals surface area contributed by atoms with Crippen LogP contribution in [-0.2, 0) is 9.53 Å². The minimum atomic E-state index is -0.774. The fourth-order valence-corrected chi connectivity index (χ4v) is 5.62. The van der Waals surface area contributed by atoms with Crippen molar-refractivity contribution in [1.82, 2.24) is 4.57 Å². The van der Waals surface area contributed by atoms with Gasteiger partial charge in [0.1, 0.15) is 0 Å². The maximum absolute atomic E-state index is 14.0. The van der Waals surface area contributed by atoms with Crippen molar-refractivity contribution < 1.29 is 28.5 Å². The summed E-state index contributed by atoms with van der Waals surface area (Å²) in [5.41, 5.74) is 1.94. The van der Waals surface area contributed by atoms with Gasteiger partial charge in [-0.2, -0.15) is 0 Å². The molecule has 0 saturated carbocycles. The van der Waals surface area contributed by atoms with Crippen LogP contribution in [0.25, 0.3) is 6.08 Å². The van der Waals surface area contributed by atoms with Crippen molar-refractivity contribution in [2.75, 3.05) is 27.9 Å². The molecule has 10 heteroatoms.